The second kappa shape index (κ2) is 8.90. The molecule has 0 bridgehead atoms. The summed E-state index contributed by atoms with van der Waals surface area (Å²) >= 11 is 0. The zero-order valence-corrected chi connectivity index (χ0v) is 18.6. The van der Waals surface area contributed by atoms with E-state index in [2.05, 4.69) is 0 Å². The van der Waals surface area contributed by atoms with Crippen LogP contribution in [0.25, 0.3) is 5.76 Å². The lowest BCUT2D eigenvalue weighted by atomic mass is 9.95. The third-order valence-electron chi connectivity index (χ3n) is 5.39. The van der Waals surface area contributed by atoms with Crippen LogP contribution in [0, 0.1) is 12.7 Å². The zero-order chi connectivity index (χ0) is 23.7. The van der Waals surface area contributed by atoms with Gasteiger partial charge in [0.2, 0.25) is 0 Å². The average molecular weight is 445 g/mol. The van der Waals surface area contributed by atoms with Crippen molar-refractivity contribution < 1.29 is 23.8 Å². The molecule has 0 aliphatic carbocycles. The lowest BCUT2D eigenvalue weighted by molar-refractivity contribution is -0.132. The molecule has 33 heavy (non-hydrogen) atoms. The molecule has 1 N–H and O–H groups in total. The van der Waals surface area contributed by atoms with E-state index in [1.54, 1.807) is 42.5 Å². The molecule has 0 spiro atoms. The van der Waals surface area contributed by atoms with E-state index in [-0.39, 0.29) is 17.4 Å². The molecule has 1 amide bonds. The van der Waals surface area contributed by atoms with Crippen molar-refractivity contribution >= 4 is 23.1 Å². The summed E-state index contributed by atoms with van der Waals surface area (Å²) in [5, 5.41) is 11.2. The number of aliphatic hydroxyl groups is 1. The lowest BCUT2D eigenvalue weighted by Crippen LogP contribution is -2.29. The Hall–Kier alpha value is -3.93. The van der Waals surface area contributed by atoms with Crippen molar-refractivity contribution in [1.82, 2.24) is 0 Å². The van der Waals surface area contributed by atoms with E-state index in [1.807, 2.05) is 26.8 Å². The Morgan fingerprint density at radius 2 is 1.70 bits per heavy atom. The number of aryl methyl sites for hydroxylation is 1. The SMILES string of the molecule is Cc1cccc(N2C(=O)C(=O)/C(=C(/O)c3cccc(OC(C)C)c3)C2c2ccc(F)cc2)c1. The number of hydrogen-bond donors (Lipinski definition) is 1. The van der Waals surface area contributed by atoms with Gasteiger partial charge in [-0.05, 0) is 68.3 Å². The van der Waals surface area contributed by atoms with E-state index in [1.165, 1.54) is 29.2 Å². The van der Waals surface area contributed by atoms with Crippen molar-refractivity contribution in [1.29, 1.82) is 0 Å². The molecule has 6 heteroatoms. The van der Waals surface area contributed by atoms with Gasteiger partial charge in [-0.15, -0.1) is 0 Å². The first-order valence-electron chi connectivity index (χ1n) is 10.7. The molecule has 1 heterocycles. The van der Waals surface area contributed by atoms with Crippen LogP contribution in [0.4, 0.5) is 10.1 Å². The van der Waals surface area contributed by atoms with Gasteiger partial charge in [-0.25, -0.2) is 4.39 Å². The van der Waals surface area contributed by atoms with E-state index >= 15 is 0 Å². The van der Waals surface area contributed by atoms with Crippen LogP contribution in [0.1, 0.15) is 36.6 Å². The summed E-state index contributed by atoms with van der Waals surface area (Å²) < 4.78 is 19.4. The molecule has 3 aromatic rings. The first kappa shape index (κ1) is 22.3. The highest BCUT2D eigenvalue weighted by molar-refractivity contribution is 6.51. The molecule has 0 saturated carbocycles. The molecule has 1 atom stereocenters. The second-order valence-corrected chi connectivity index (χ2v) is 8.25. The maximum atomic E-state index is 13.6. The highest BCUT2D eigenvalue weighted by Crippen LogP contribution is 2.42. The fourth-order valence-corrected chi connectivity index (χ4v) is 3.98. The Morgan fingerprint density at radius 3 is 2.36 bits per heavy atom. The summed E-state index contributed by atoms with van der Waals surface area (Å²) in [5.41, 5.74) is 2.22. The Balaban J connectivity index is 1.91. The molecule has 1 unspecified atom stereocenters. The number of halogens is 1. The highest BCUT2D eigenvalue weighted by Gasteiger charge is 2.47. The Morgan fingerprint density at radius 1 is 1.00 bits per heavy atom. The standard InChI is InChI=1S/C27H24FNO4/c1-16(2)33-22-9-5-7-19(15-22)25(30)23-24(18-10-12-20(28)13-11-18)29(27(32)26(23)31)21-8-4-6-17(3)14-21/h4-16,24,30H,1-3H3/b25-23+. The van der Waals surface area contributed by atoms with Crippen LogP contribution in [0.5, 0.6) is 5.75 Å². The molecule has 1 saturated heterocycles. The predicted molar refractivity (Wildman–Crippen MR) is 125 cm³/mol. The number of carbonyl (C=O) groups excluding carboxylic acids is 2. The minimum atomic E-state index is -0.915. The molecular formula is C27H24FNO4. The molecule has 1 fully saturated rings. The summed E-state index contributed by atoms with van der Waals surface area (Å²) in [4.78, 5) is 27.7. The van der Waals surface area contributed by atoms with Gasteiger partial charge in [0, 0.05) is 11.3 Å². The van der Waals surface area contributed by atoms with Gasteiger partial charge in [-0.1, -0.05) is 36.4 Å². The van der Waals surface area contributed by atoms with Crippen molar-refractivity contribution in [2.24, 2.45) is 0 Å². The van der Waals surface area contributed by atoms with Crippen LogP contribution < -0.4 is 9.64 Å². The summed E-state index contributed by atoms with van der Waals surface area (Å²) in [6.45, 7) is 5.65. The number of hydrogen-bond acceptors (Lipinski definition) is 4. The molecular weight excluding hydrogens is 421 g/mol. The molecule has 1 aliphatic rings. The van der Waals surface area contributed by atoms with E-state index in [4.69, 9.17) is 4.74 Å². The number of nitrogens with zero attached hydrogens (tertiary/aromatic N) is 1. The highest BCUT2D eigenvalue weighted by atomic mass is 19.1. The number of anilines is 1. The number of aliphatic hydroxyl groups excluding tert-OH is 1. The molecule has 168 valence electrons. The number of amides is 1. The van der Waals surface area contributed by atoms with Crippen LogP contribution in [-0.2, 0) is 9.59 Å². The van der Waals surface area contributed by atoms with Crippen molar-refractivity contribution in [3.63, 3.8) is 0 Å². The Kier molecular flexibility index (Phi) is 6.01. The quantitative estimate of drug-likeness (QED) is 0.318. The summed E-state index contributed by atoms with van der Waals surface area (Å²) in [6, 6.07) is 18.6. The molecule has 0 aromatic heterocycles. The van der Waals surface area contributed by atoms with Crippen LogP contribution in [-0.4, -0.2) is 22.9 Å². The van der Waals surface area contributed by atoms with Crippen molar-refractivity contribution in [2.45, 2.75) is 32.9 Å². The second-order valence-electron chi connectivity index (χ2n) is 8.25. The maximum absolute atomic E-state index is 13.6. The monoisotopic (exact) mass is 445 g/mol. The van der Waals surface area contributed by atoms with Gasteiger partial charge in [0.05, 0.1) is 17.7 Å². The Bertz CT molecular complexity index is 1250. The number of rotatable bonds is 5. The minimum Gasteiger partial charge on any atom is -0.507 e. The first-order chi connectivity index (χ1) is 15.8. The Labute approximate surface area is 191 Å². The van der Waals surface area contributed by atoms with Crippen molar-refractivity contribution in [2.75, 3.05) is 4.90 Å². The summed E-state index contributed by atoms with van der Waals surface area (Å²) in [7, 11) is 0. The van der Waals surface area contributed by atoms with Gasteiger partial charge in [-0.3, -0.25) is 14.5 Å². The number of carbonyl (C=O) groups is 2. The van der Waals surface area contributed by atoms with E-state index in [9.17, 15) is 19.1 Å². The smallest absolute Gasteiger partial charge is 0.300 e. The summed E-state index contributed by atoms with van der Waals surface area (Å²) in [6.07, 6.45) is -0.0755. The van der Waals surface area contributed by atoms with Gasteiger partial charge in [0.1, 0.15) is 17.3 Å². The van der Waals surface area contributed by atoms with E-state index in [0.717, 1.165) is 5.56 Å². The van der Waals surface area contributed by atoms with Crippen LogP contribution in [0.15, 0.2) is 78.4 Å². The van der Waals surface area contributed by atoms with Crippen LogP contribution in [0.2, 0.25) is 0 Å². The van der Waals surface area contributed by atoms with Crippen LogP contribution in [0.3, 0.4) is 0 Å². The van der Waals surface area contributed by atoms with Crippen molar-refractivity contribution in [3.8, 4) is 5.75 Å². The maximum Gasteiger partial charge on any atom is 0.300 e. The van der Waals surface area contributed by atoms with E-state index in [0.29, 0.717) is 22.6 Å². The van der Waals surface area contributed by atoms with Gasteiger partial charge in [0.25, 0.3) is 11.7 Å². The largest absolute Gasteiger partial charge is 0.507 e. The van der Waals surface area contributed by atoms with Crippen molar-refractivity contribution in [3.05, 3.63) is 101 Å². The molecule has 5 nitrogen and oxygen atoms in total. The third kappa shape index (κ3) is 4.37. The molecule has 0 radical (unpaired) electrons. The lowest BCUT2D eigenvalue weighted by Gasteiger charge is -2.25. The molecule has 4 rings (SSSR count). The number of ketones is 1. The molecule has 1 aliphatic heterocycles. The number of ether oxygens (including phenoxy) is 1. The topological polar surface area (TPSA) is 66.8 Å². The number of benzene rings is 3. The van der Waals surface area contributed by atoms with E-state index < -0.39 is 23.5 Å². The van der Waals surface area contributed by atoms with Gasteiger partial charge in [0.15, 0.2) is 0 Å². The fraction of sp³-hybridized carbons (Fsp3) is 0.185. The first-order valence-corrected chi connectivity index (χ1v) is 10.7. The fourth-order valence-electron chi connectivity index (χ4n) is 3.98. The molecule has 3 aromatic carbocycles. The van der Waals surface area contributed by atoms with Gasteiger partial charge < -0.3 is 9.84 Å². The van der Waals surface area contributed by atoms with Crippen LogP contribution >= 0.6 is 0 Å². The zero-order valence-electron chi connectivity index (χ0n) is 18.6. The number of Topliss-reactive ketones (excluding diaryl/α,β-unsaturated/α-hetero) is 1. The normalized spacial score (nSPS) is 17.6. The predicted octanol–water partition coefficient (Wildman–Crippen LogP) is 5.55. The summed E-state index contributed by atoms with van der Waals surface area (Å²) in [5.74, 6) is -1.79. The average Bonchev–Trinajstić information content (AvgIpc) is 3.04. The minimum absolute atomic E-state index is 0.0604. The third-order valence-corrected chi connectivity index (χ3v) is 5.39. The van der Waals surface area contributed by atoms with Gasteiger partial charge in [-0.2, -0.15) is 0 Å². The van der Waals surface area contributed by atoms with Gasteiger partial charge >= 0.3 is 0 Å².